The van der Waals surface area contributed by atoms with Crippen molar-refractivity contribution in [2.24, 2.45) is 0 Å². The summed E-state index contributed by atoms with van der Waals surface area (Å²) in [4.78, 5) is 2.46. The molecule has 0 bridgehead atoms. The molecule has 1 aliphatic rings. The Morgan fingerprint density at radius 3 is 2.33 bits per heavy atom. The second-order valence-electron chi connectivity index (χ2n) is 7.51. The summed E-state index contributed by atoms with van der Waals surface area (Å²) in [6, 6.07) is 16.7. The van der Waals surface area contributed by atoms with Crippen molar-refractivity contribution >= 4 is 0 Å². The van der Waals surface area contributed by atoms with Crippen LogP contribution in [-0.2, 0) is 19.1 Å². The number of likely N-dealkylation sites (tertiary alicyclic amines) is 1. The monoisotopic (exact) mass is 376 g/mol. The van der Waals surface area contributed by atoms with Gasteiger partial charge in [-0.15, -0.1) is 0 Å². The first kappa shape index (κ1) is 19.9. The van der Waals surface area contributed by atoms with Crippen LogP contribution in [0.4, 0.5) is 13.2 Å². The molecule has 0 amide bonds. The summed E-state index contributed by atoms with van der Waals surface area (Å²) in [6.07, 6.45) is -1.54. The molecule has 0 spiro atoms. The molecule has 1 saturated heterocycles. The van der Waals surface area contributed by atoms with E-state index in [9.17, 15) is 13.2 Å². The van der Waals surface area contributed by atoms with E-state index >= 15 is 0 Å². The van der Waals surface area contributed by atoms with Gasteiger partial charge in [-0.25, -0.2) is 0 Å². The molecule has 3 rings (SSSR count). The Hall–Kier alpha value is -1.85. The third-order valence-electron chi connectivity index (χ3n) is 5.15. The van der Waals surface area contributed by atoms with Crippen LogP contribution in [0.3, 0.4) is 0 Å². The average molecular weight is 376 g/mol. The molecule has 1 atom stereocenters. The third-order valence-corrected chi connectivity index (χ3v) is 5.15. The molecule has 1 heterocycles. The molecular weight excluding hydrogens is 349 g/mol. The van der Waals surface area contributed by atoms with Crippen molar-refractivity contribution in [2.75, 3.05) is 13.1 Å². The standard InChI is InChI=1S/C22H27F3N2/c1-17(14-19-8-5-9-20(15-19)22(23,24)25)26-21-10-12-27(13-11-21)16-18-6-3-2-4-7-18/h2-9,15,17,21,26H,10-14,16H2,1H3. The van der Waals surface area contributed by atoms with Crippen LogP contribution >= 0.6 is 0 Å². The minimum Gasteiger partial charge on any atom is -0.311 e. The van der Waals surface area contributed by atoms with Crippen molar-refractivity contribution in [1.29, 1.82) is 0 Å². The maximum atomic E-state index is 12.9. The number of benzene rings is 2. The van der Waals surface area contributed by atoms with Gasteiger partial charge in [-0.3, -0.25) is 4.90 Å². The van der Waals surface area contributed by atoms with Gasteiger partial charge in [0.1, 0.15) is 0 Å². The van der Waals surface area contributed by atoms with Crippen LogP contribution < -0.4 is 5.32 Å². The number of piperidine rings is 1. The predicted molar refractivity (Wildman–Crippen MR) is 102 cm³/mol. The Balaban J connectivity index is 1.45. The highest BCUT2D eigenvalue weighted by Crippen LogP contribution is 2.29. The number of nitrogens with one attached hydrogen (secondary N) is 1. The van der Waals surface area contributed by atoms with Crippen LogP contribution in [0.25, 0.3) is 0 Å². The van der Waals surface area contributed by atoms with Gasteiger partial charge >= 0.3 is 6.18 Å². The number of alkyl halides is 3. The lowest BCUT2D eigenvalue weighted by Crippen LogP contribution is -2.45. The number of halogens is 3. The van der Waals surface area contributed by atoms with Crippen molar-refractivity contribution in [3.63, 3.8) is 0 Å². The molecule has 5 heteroatoms. The van der Waals surface area contributed by atoms with Crippen LogP contribution in [0.15, 0.2) is 54.6 Å². The molecule has 1 N–H and O–H groups in total. The van der Waals surface area contributed by atoms with E-state index in [0.717, 1.165) is 44.1 Å². The Kier molecular flexibility index (Phi) is 6.55. The molecule has 146 valence electrons. The Morgan fingerprint density at radius 2 is 1.67 bits per heavy atom. The molecule has 0 aliphatic carbocycles. The minimum absolute atomic E-state index is 0.152. The van der Waals surface area contributed by atoms with Crippen molar-refractivity contribution < 1.29 is 13.2 Å². The van der Waals surface area contributed by atoms with Gasteiger partial charge in [-0.2, -0.15) is 13.2 Å². The summed E-state index contributed by atoms with van der Waals surface area (Å²) >= 11 is 0. The SMILES string of the molecule is CC(Cc1cccc(C(F)(F)F)c1)NC1CCN(Cc2ccccc2)CC1. The highest BCUT2D eigenvalue weighted by molar-refractivity contribution is 5.26. The van der Waals surface area contributed by atoms with Crippen LogP contribution in [0, 0.1) is 0 Å². The van der Waals surface area contributed by atoms with Gasteiger partial charge < -0.3 is 5.32 Å². The lowest BCUT2D eigenvalue weighted by atomic mass is 10.00. The molecule has 0 radical (unpaired) electrons. The van der Waals surface area contributed by atoms with Gasteiger partial charge in [0.05, 0.1) is 5.56 Å². The quantitative estimate of drug-likeness (QED) is 0.772. The zero-order valence-corrected chi connectivity index (χ0v) is 15.7. The summed E-state index contributed by atoms with van der Waals surface area (Å²) in [7, 11) is 0. The van der Waals surface area contributed by atoms with Crippen LogP contribution in [0.2, 0.25) is 0 Å². The zero-order chi connectivity index (χ0) is 19.3. The van der Waals surface area contributed by atoms with E-state index in [1.54, 1.807) is 6.07 Å². The molecule has 2 nitrogen and oxygen atoms in total. The van der Waals surface area contributed by atoms with Crippen LogP contribution in [-0.4, -0.2) is 30.1 Å². The molecule has 2 aromatic rings. The van der Waals surface area contributed by atoms with Gasteiger partial charge in [0.25, 0.3) is 0 Å². The van der Waals surface area contributed by atoms with E-state index in [2.05, 4.69) is 41.4 Å². The first-order valence-electron chi connectivity index (χ1n) is 9.58. The van der Waals surface area contributed by atoms with E-state index < -0.39 is 11.7 Å². The number of hydrogen-bond acceptors (Lipinski definition) is 2. The molecule has 27 heavy (non-hydrogen) atoms. The fourth-order valence-electron chi connectivity index (χ4n) is 3.79. The fraction of sp³-hybridized carbons (Fsp3) is 0.455. The summed E-state index contributed by atoms with van der Waals surface area (Å²) in [5, 5.41) is 3.60. The smallest absolute Gasteiger partial charge is 0.311 e. The maximum absolute atomic E-state index is 12.9. The van der Waals surface area contributed by atoms with Gasteiger partial charge in [-0.1, -0.05) is 48.5 Å². The molecule has 1 aliphatic heterocycles. The van der Waals surface area contributed by atoms with E-state index in [-0.39, 0.29) is 6.04 Å². The Bertz CT molecular complexity index is 707. The summed E-state index contributed by atoms with van der Waals surface area (Å²) < 4.78 is 38.6. The van der Waals surface area contributed by atoms with Crippen molar-refractivity contribution in [3.05, 3.63) is 71.3 Å². The Morgan fingerprint density at radius 1 is 1.00 bits per heavy atom. The summed E-state index contributed by atoms with van der Waals surface area (Å²) in [5.74, 6) is 0. The lowest BCUT2D eigenvalue weighted by molar-refractivity contribution is -0.137. The highest BCUT2D eigenvalue weighted by Gasteiger charge is 2.30. The van der Waals surface area contributed by atoms with E-state index in [1.807, 2.05) is 6.07 Å². The molecular formula is C22H27F3N2. The van der Waals surface area contributed by atoms with E-state index in [0.29, 0.717) is 12.5 Å². The van der Waals surface area contributed by atoms with Crippen molar-refractivity contribution in [1.82, 2.24) is 10.2 Å². The first-order chi connectivity index (χ1) is 12.9. The maximum Gasteiger partial charge on any atom is 0.416 e. The predicted octanol–water partition coefficient (Wildman–Crippen LogP) is 4.89. The number of rotatable bonds is 6. The van der Waals surface area contributed by atoms with Gasteiger partial charge in [0.15, 0.2) is 0 Å². The normalized spacial score (nSPS) is 17.8. The summed E-state index contributed by atoms with van der Waals surface area (Å²) in [5.41, 5.74) is 1.49. The van der Waals surface area contributed by atoms with Gasteiger partial charge in [0.2, 0.25) is 0 Å². The van der Waals surface area contributed by atoms with Crippen molar-refractivity contribution in [2.45, 2.75) is 51.0 Å². The molecule has 1 unspecified atom stereocenters. The Labute approximate surface area is 159 Å². The number of hydrogen-bond donors (Lipinski definition) is 1. The molecule has 0 aromatic heterocycles. The minimum atomic E-state index is -4.28. The summed E-state index contributed by atoms with van der Waals surface area (Å²) in [6.45, 7) is 5.12. The zero-order valence-electron chi connectivity index (χ0n) is 15.7. The van der Waals surface area contributed by atoms with E-state index in [4.69, 9.17) is 0 Å². The second kappa shape index (κ2) is 8.89. The largest absolute Gasteiger partial charge is 0.416 e. The average Bonchev–Trinajstić information content (AvgIpc) is 2.64. The molecule has 2 aromatic carbocycles. The van der Waals surface area contributed by atoms with Gasteiger partial charge in [0, 0.05) is 18.6 Å². The lowest BCUT2D eigenvalue weighted by Gasteiger charge is -2.34. The van der Waals surface area contributed by atoms with Crippen LogP contribution in [0.1, 0.15) is 36.5 Å². The fourth-order valence-corrected chi connectivity index (χ4v) is 3.79. The number of nitrogens with zero attached hydrogens (tertiary/aromatic N) is 1. The van der Waals surface area contributed by atoms with Crippen molar-refractivity contribution in [3.8, 4) is 0 Å². The van der Waals surface area contributed by atoms with Crippen LogP contribution in [0.5, 0.6) is 0 Å². The van der Waals surface area contributed by atoms with Gasteiger partial charge in [-0.05, 0) is 56.5 Å². The van der Waals surface area contributed by atoms with E-state index in [1.165, 1.54) is 17.7 Å². The molecule has 0 saturated carbocycles. The topological polar surface area (TPSA) is 15.3 Å². The first-order valence-corrected chi connectivity index (χ1v) is 9.58. The second-order valence-corrected chi connectivity index (χ2v) is 7.51. The third kappa shape index (κ3) is 6.08. The molecule has 1 fully saturated rings. The highest BCUT2D eigenvalue weighted by atomic mass is 19.4.